The molecule has 1 atom stereocenters. The molecule has 0 bridgehead atoms. The van der Waals surface area contributed by atoms with Gasteiger partial charge in [0.25, 0.3) is 0 Å². The molecule has 0 aromatic carbocycles. The van der Waals surface area contributed by atoms with Gasteiger partial charge in [0, 0.05) is 30.9 Å². The summed E-state index contributed by atoms with van der Waals surface area (Å²) in [5, 5.41) is 0. The van der Waals surface area contributed by atoms with E-state index in [1.807, 2.05) is 6.20 Å². The zero-order valence-corrected chi connectivity index (χ0v) is 9.93. The molecule has 0 radical (unpaired) electrons. The van der Waals surface area contributed by atoms with Crippen LogP contribution < -0.4 is 10.6 Å². The van der Waals surface area contributed by atoms with Crippen molar-refractivity contribution in [1.82, 2.24) is 9.97 Å². The van der Waals surface area contributed by atoms with Gasteiger partial charge >= 0.3 is 0 Å². The van der Waals surface area contributed by atoms with Crippen LogP contribution in [0.3, 0.4) is 0 Å². The fourth-order valence-corrected chi connectivity index (χ4v) is 2.49. The average molecular weight is 234 g/mol. The van der Waals surface area contributed by atoms with Crippen molar-refractivity contribution in [3.63, 3.8) is 0 Å². The molecule has 2 heterocycles. The fraction of sp³-hybridized carbons (Fsp3) is 0.667. The number of nitrogens with zero attached hydrogens (tertiary/aromatic N) is 3. The summed E-state index contributed by atoms with van der Waals surface area (Å²) in [4.78, 5) is 11.3. The molecule has 1 fully saturated rings. The van der Waals surface area contributed by atoms with Gasteiger partial charge in [0.1, 0.15) is 0 Å². The van der Waals surface area contributed by atoms with Crippen molar-refractivity contribution in [2.24, 2.45) is 5.73 Å². The highest BCUT2D eigenvalue weighted by Crippen LogP contribution is 2.27. The second-order valence-electron chi connectivity index (χ2n) is 4.67. The zero-order valence-electron chi connectivity index (χ0n) is 9.93. The first-order chi connectivity index (χ1) is 8.34. The van der Waals surface area contributed by atoms with Crippen molar-refractivity contribution in [2.45, 2.75) is 25.3 Å². The van der Waals surface area contributed by atoms with E-state index in [1.165, 1.54) is 0 Å². The summed E-state index contributed by atoms with van der Waals surface area (Å²) < 4.78 is 5.33. The third-order valence-corrected chi connectivity index (χ3v) is 3.51. The van der Waals surface area contributed by atoms with E-state index in [9.17, 15) is 0 Å². The molecule has 0 amide bonds. The number of nitrogens with two attached hydrogens (primary N) is 1. The zero-order chi connectivity index (χ0) is 11.7. The first kappa shape index (κ1) is 10.9. The molecule has 17 heavy (non-hydrogen) atoms. The minimum Gasteiger partial charge on any atom is -0.378 e. The summed E-state index contributed by atoms with van der Waals surface area (Å²) >= 11 is 0. The van der Waals surface area contributed by atoms with E-state index in [0.29, 0.717) is 0 Å². The number of ether oxygens (including phenoxy) is 1. The van der Waals surface area contributed by atoms with E-state index in [0.717, 1.165) is 62.8 Å². The molecule has 0 spiro atoms. The van der Waals surface area contributed by atoms with Crippen molar-refractivity contribution in [2.75, 3.05) is 31.2 Å². The summed E-state index contributed by atoms with van der Waals surface area (Å²) in [5.41, 5.74) is 8.33. The normalized spacial score (nSPS) is 24.5. The fourth-order valence-electron chi connectivity index (χ4n) is 2.49. The van der Waals surface area contributed by atoms with Crippen LogP contribution in [0.2, 0.25) is 0 Å². The maximum absolute atomic E-state index is 6.06. The minimum absolute atomic E-state index is 0.123. The van der Waals surface area contributed by atoms with Crippen LogP contribution in [-0.2, 0) is 11.2 Å². The molecule has 1 saturated heterocycles. The number of anilines is 1. The topological polar surface area (TPSA) is 64.3 Å². The van der Waals surface area contributed by atoms with E-state index in [-0.39, 0.29) is 6.04 Å². The molecule has 1 aliphatic carbocycles. The number of rotatable bonds is 1. The number of hydrogen-bond donors (Lipinski definition) is 1. The van der Waals surface area contributed by atoms with Gasteiger partial charge in [0.15, 0.2) is 0 Å². The third-order valence-electron chi connectivity index (χ3n) is 3.51. The van der Waals surface area contributed by atoms with Crippen molar-refractivity contribution in [3.8, 4) is 0 Å². The molecular weight excluding hydrogens is 216 g/mol. The average Bonchev–Trinajstić information content (AvgIpc) is 2.40. The largest absolute Gasteiger partial charge is 0.378 e. The third kappa shape index (κ3) is 2.12. The quantitative estimate of drug-likeness (QED) is 0.773. The van der Waals surface area contributed by atoms with Gasteiger partial charge in [0.05, 0.1) is 18.9 Å². The van der Waals surface area contributed by atoms with Crippen LogP contribution in [0.15, 0.2) is 6.20 Å². The predicted octanol–water partition coefficient (Wildman–Crippen LogP) is 0.649. The van der Waals surface area contributed by atoms with E-state index in [4.69, 9.17) is 10.5 Å². The van der Waals surface area contributed by atoms with Gasteiger partial charge in [-0.3, -0.25) is 0 Å². The summed E-state index contributed by atoms with van der Waals surface area (Å²) in [6, 6.07) is 0.123. The van der Waals surface area contributed by atoms with E-state index in [2.05, 4.69) is 14.9 Å². The van der Waals surface area contributed by atoms with E-state index < -0.39 is 0 Å². The van der Waals surface area contributed by atoms with Gasteiger partial charge < -0.3 is 15.4 Å². The Morgan fingerprint density at radius 2 is 2.18 bits per heavy atom. The van der Waals surface area contributed by atoms with Gasteiger partial charge in [-0.2, -0.15) is 0 Å². The summed E-state index contributed by atoms with van der Waals surface area (Å²) in [7, 11) is 0. The lowest BCUT2D eigenvalue weighted by Crippen LogP contribution is -2.37. The molecule has 1 aromatic rings. The standard InChI is InChI=1S/C12H18N4O/c13-10-2-1-3-11-9(10)8-14-12(15-11)16-4-6-17-7-5-16/h8,10H,1-7,13H2. The van der Waals surface area contributed by atoms with Crippen molar-refractivity contribution in [1.29, 1.82) is 0 Å². The molecule has 2 N–H and O–H groups in total. The van der Waals surface area contributed by atoms with Crippen LogP contribution >= 0.6 is 0 Å². The smallest absolute Gasteiger partial charge is 0.225 e. The molecule has 1 unspecified atom stereocenters. The van der Waals surface area contributed by atoms with Gasteiger partial charge in [-0.05, 0) is 19.3 Å². The van der Waals surface area contributed by atoms with Gasteiger partial charge in [-0.25, -0.2) is 9.97 Å². The van der Waals surface area contributed by atoms with Gasteiger partial charge in [0.2, 0.25) is 5.95 Å². The second kappa shape index (κ2) is 4.58. The Labute approximate surface area is 101 Å². The molecule has 2 aliphatic rings. The van der Waals surface area contributed by atoms with Crippen LogP contribution in [0, 0.1) is 0 Å². The molecule has 0 saturated carbocycles. The van der Waals surface area contributed by atoms with Crippen molar-refractivity contribution < 1.29 is 4.74 Å². The maximum Gasteiger partial charge on any atom is 0.225 e. The predicted molar refractivity (Wildman–Crippen MR) is 64.9 cm³/mol. The Hall–Kier alpha value is -1.20. The molecule has 92 valence electrons. The Kier molecular flexibility index (Phi) is 2.94. The number of aromatic nitrogens is 2. The first-order valence-corrected chi connectivity index (χ1v) is 6.28. The Morgan fingerprint density at radius 1 is 1.35 bits per heavy atom. The van der Waals surface area contributed by atoms with E-state index in [1.54, 1.807) is 0 Å². The van der Waals surface area contributed by atoms with Crippen LogP contribution in [0.4, 0.5) is 5.95 Å². The lowest BCUT2D eigenvalue weighted by atomic mass is 9.93. The number of morpholine rings is 1. The SMILES string of the molecule is NC1CCCc2nc(N3CCOCC3)ncc21. The number of fused-ring (bicyclic) bond motifs is 1. The highest BCUT2D eigenvalue weighted by molar-refractivity contribution is 5.35. The summed E-state index contributed by atoms with van der Waals surface area (Å²) in [6.07, 6.45) is 5.13. The van der Waals surface area contributed by atoms with Crippen molar-refractivity contribution in [3.05, 3.63) is 17.5 Å². The molecule has 5 nitrogen and oxygen atoms in total. The van der Waals surface area contributed by atoms with E-state index >= 15 is 0 Å². The highest BCUT2D eigenvalue weighted by Gasteiger charge is 2.21. The minimum atomic E-state index is 0.123. The van der Waals surface area contributed by atoms with Crippen molar-refractivity contribution >= 4 is 5.95 Å². The van der Waals surface area contributed by atoms with Crippen LogP contribution in [0.25, 0.3) is 0 Å². The van der Waals surface area contributed by atoms with Gasteiger partial charge in [-0.15, -0.1) is 0 Å². The van der Waals surface area contributed by atoms with Gasteiger partial charge in [-0.1, -0.05) is 0 Å². The molecular formula is C12H18N4O. The van der Waals surface area contributed by atoms with Crippen LogP contribution in [0.1, 0.15) is 30.1 Å². The molecule has 3 rings (SSSR count). The Balaban J connectivity index is 1.86. The number of hydrogen-bond acceptors (Lipinski definition) is 5. The lowest BCUT2D eigenvalue weighted by molar-refractivity contribution is 0.122. The number of aryl methyl sites for hydroxylation is 1. The highest BCUT2D eigenvalue weighted by atomic mass is 16.5. The molecule has 5 heteroatoms. The van der Waals surface area contributed by atoms with Crippen LogP contribution in [-0.4, -0.2) is 36.3 Å². The maximum atomic E-state index is 6.06. The first-order valence-electron chi connectivity index (χ1n) is 6.28. The van der Waals surface area contributed by atoms with Crippen LogP contribution in [0.5, 0.6) is 0 Å². The lowest BCUT2D eigenvalue weighted by Gasteiger charge is -2.28. The summed E-state index contributed by atoms with van der Waals surface area (Å²) in [6.45, 7) is 3.29. The molecule has 1 aliphatic heterocycles. The summed E-state index contributed by atoms with van der Waals surface area (Å²) in [5.74, 6) is 0.834. The second-order valence-corrected chi connectivity index (χ2v) is 4.67. The molecule has 1 aromatic heterocycles. The Bertz CT molecular complexity index is 403. The monoisotopic (exact) mass is 234 g/mol. The Morgan fingerprint density at radius 3 is 3.00 bits per heavy atom.